The van der Waals surface area contributed by atoms with E-state index in [2.05, 4.69) is 21.2 Å². The molecule has 2 aromatic carbocycles. The molecule has 2 aromatic rings. The summed E-state index contributed by atoms with van der Waals surface area (Å²) in [6, 6.07) is 11.6. The SMILES string of the molecule is Nc1ccc(Br)cc1SCC(=O)NCc1ccc(F)cc1. The number of thioether (sulfide) groups is 1. The van der Waals surface area contributed by atoms with Crippen LogP contribution in [0.1, 0.15) is 5.56 Å². The van der Waals surface area contributed by atoms with E-state index in [-0.39, 0.29) is 17.5 Å². The number of amides is 1. The Bertz CT molecular complexity index is 634. The highest BCUT2D eigenvalue weighted by Crippen LogP contribution is 2.27. The summed E-state index contributed by atoms with van der Waals surface area (Å²) < 4.78 is 13.7. The summed E-state index contributed by atoms with van der Waals surface area (Å²) in [5.74, 6) is -0.101. The maximum absolute atomic E-state index is 12.8. The molecule has 3 N–H and O–H groups in total. The van der Waals surface area contributed by atoms with Crippen molar-refractivity contribution in [3.63, 3.8) is 0 Å². The molecular weight excluding hydrogens is 355 g/mol. The maximum Gasteiger partial charge on any atom is 0.230 e. The molecule has 110 valence electrons. The fourth-order valence-corrected chi connectivity index (χ4v) is 2.98. The van der Waals surface area contributed by atoms with E-state index in [1.807, 2.05) is 12.1 Å². The number of carbonyl (C=O) groups is 1. The van der Waals surface area contributed by atoms with Crippen molar-refractivity contribution in [1.29, 1.82) is 0 Å². The smallest absolute Gasteiger partial charge is 0.230 e. The Balaban J connectivity index is 1.82. The Labute approximate surface area is 135 Å². The number of nitrogens with one attached hydrogen (secondary N) is 1. The molecule has 0 saturated carbocycles. The Kier molecular flexibility index (Phi) is 5.64. The van der Waals surface area contributed by atoms with Crippen LogP contribution in [0.25, 0.3) is 0 Å². The molecule has 0 fully saturated rings. The maximum atomic E-state index is 12.8. The molecule has 0 aliphatic carbocycles. The topological polar surface area (TPSA) is 55.1 Å². The summed E-state index contributed by atoms with van der Waals surface area (Å²) in [5, 5.41) is 2.79. The van der Waals surface area contributed by atoms with Crippen LogP contribution in [0.3, 0.4) is 0 Å². The van der Waals surface area contributed by atoms with Crippen molar-refractivity contribution in [3.05, 3.63) is 58.3 Å². The highest BCUT2D eigenvalue weighted by molar-refractivity contribution is 9.10. The quantitative estimate of drug-likeness (QED) is 0.626. The lowest BCUT2D eigenvalue weighted by Gasteiger charge is -2.07. The van der Waals surface area contributed by atoms with Crippen molar-refractivity contribution < 1.29 is 9.18 Å². The standard InChI is InChI=1S/C15H14BrFN2OS/c16-11-3-6-13(18)14(7-11)21-9-15(20)19-8-10-1-4-12(17)5-2-10/h1-7H,8-9,18H2,(H,19,20). The van der Waals surface area contributed by atoms with Gasteiger partial charge >= 0.3 is 0 Å². The summed E-state index contributed by atoms with van der Waals surface area (Å²) >= 11 is 4.75. The number of rotatable bonds is 5. The number of nitrogen functional groups attached to an aromatic ring is 1. The van der Waals surface area contributed by atoms with E-state index in [1.165, 1.54) is 23.9 Å². The van der Waals surface area contributed by atoms with Gasteiger partial charge in [-0.2, -0.15) is 0 Å². The first-order chi connectivity index (χ1) is 10.0. The van der Waals surface area contributed by atoms with Gasteiger partial charge in [-0.05, 0) is 35.9 Å². The first-order valence-electron chi connectivity index (χ1n) is 6.23. The lowest BCUT2D eigenvalue weighted by molar-refractivity contribution is -0.118. The minimum absolute atomic E-state index is 0.0938. The second-order valence-electron chi connectivity index (χ2n) is 4.37. The summed E-state index contributed by atoms with van der Waals surface area (Å²) in [5.41, 5.74) is 7.35. The summed E-state index contributed by atoms with van der Waals surface area (Å²) in [7, 11) is 0. The van der Waals surface area contributed by atoms with Crippen LogP contribution < -0.4 is 11.1 Å². The van der Waals surface area contributed by atoms with Gasteiger partial charge in [0.1, 0.15) is 5.82 Å². The molecule has 0 bridgehead atoms. The normalized spacial score (nSPS) is 10.4. The van der Waals surface area contributed by atoms with Crippen LogP contribution in [-0.2, 0) is 11.3 Å². The number of nitrogens with two attached hydrogens (primary N) is 1. The minimum atomic E-state index is -0.286. The van der Waals surface area contributed by atoms with Crippen LogP contribution in [0.15, 0.2) is 51.8 Å². The fraction of sp³-hybridized carbons (Fsp3) is 0.133. The Hall–Kier alpha value is -1.53. The summed E-state index contributed by atoms with van der Waals surface area (Å²) in [4.78, 5) is 12.7. The van der Waals surface area contributed by atoms with Gasteiger partial charge in [-0.3, -0.25) is 4.79 Å². The molecule has 2 rings (SSSR count). The number of hydrogen-bond donors (Lipinski definition) is 2. The van der Waals surface area contributed by atoms with E-state index in [0.29, 0.717) is 12.2 Å². The predicted octanol–water partition coefficient (Wildman–Crippen LogP) is 3.58. The third kappa shape index (κ3) is 5.06. The lowest BCUT2D eigenvalue weighted by atomic mass is 10.2. The third-order valence-electron chi connectivity index (χ3n) is 2.74. The zero-order valence-corrected chi connectivity index (χ0v) is 13.5. The molecule has 1 amide bonds. The zero-order chi connectivity index (χ0) is 15.2. The lowest BCUT2D eigenvalue weighted by Crippen LogP contribution is -2.24. The fourth-order valence-electron chi connectivity index (χ4n) is 1.63. The monoisotopic (exact) mass is 368 g/mol. The van der Waals surface area contributed by atoms with E-state index < -0.39 is 0 Å². The van der Waals surface area contributed by atoms with Gasteiger partial charge in [0.2, 0.25) is 5.91 Å². The zero-order valence-electron chi connectivity index (χ0n) is 11.1. The Morgan fingerprint density at radius 1 is 1.24 bits per heavy atom. The number of carbonyl (C=O) groups excluding carboxylic acids is 1. The second kappa shape index (κ2) is 7.47. The van der Waals surface area contributed by atoms with Crippen LogP contribution in [0.5, 0.6) is 0 Å². The van der Waals surface area contributed by atoms with E-state index in [1.54, 1.807) is 18.2 Å². The molecule has 0 radical (unpaired) electrons. The van der Waals surface area contributed by atoms with Crippen molar-refractivity contribution >= 4 is 39.3 Å². The van der Waals surface area contributed by atoms with Crippen LogP contribution in [0.4, 0.5) is 10.1 Å². The average molecular weight is 369 g/mol. The largest absolute Gasteiger partial charge is 0.398 e. The van der Waals surface area contributed by atoms with Crippen molar-refractivity contribution in [3.8, 4) is 0 Å². The highest BCUT2D eigenvalue weighted by atomic mass is 79.9. The van der Waals surface area contributed by atoms with Crippen LogP contribution >= 0.6 is 27.7 Å². The molecule has 0 atom stereocenters. The molecule has 21 heavy (non-hydrogen) atoms. The molecule has 6 heteroatoms. The van der Waals surface area contributed by atoms with Crippen molar-refractivity contribution in [1.82, 2.24) is 5.32 Å². The Morgan fingerprint density at radius 3 is 2.67 bits per heavy atom. The first kappa shape index (κ1) is 15.9. The van der Waals surface area contributed by atoms with E-state index in [9.17, 15) is 9.18 Å². The van der Waals surface area contributed by atoms with E-state index in [0.717, 1.165) is 14.9 Å². The molecule has 0 saturated heterocycles. The van der Waals surface area contributed by atoms with Crippen LogP contribution in [0, 0.1) is 5.82 Å². The van der Waals surface area contributed by atoms with Gasteiger partial charge in [0.25, 0.3) is 0 Å². The average Bonchev–Trinajstić information content (AvgIpc) is 2.47. The Morgan fingerprint density at radius 2 is 1.95 bits per heavy atom. The van der Waals surface area contributed by atoms with Gasteiger partial charge in [-0.15, -0.1) is 11.8 Å². The van der Waals surface area contributed by atoms with Crippen LogP contribution in [0.2, 0.25) is 0 Å². The number of halogens is 2. The van der Waals surface area contributed by atoms with Gasteiger partial charge in [0.15, 0.2) is 0 Å². The van der Waals surface area contributed by atoms with Gasteiger partial charge < -0.3 is 11.1 Å². The van der Waals surface area contributed by atoms with E-state index >= 15 is 0 Å². The van der Waals surface area contributed by atoms with E-state index in [4.69, 9.17) is 5.73 Å². The molecule has 0 aliphatic heterocycles. The van der Waals surface area contributed by atoms with Crippen LogP contribution in [-0.4, -0.2) is 11.7 Å². The molecule has 0 spiro atoms. The number of hydrogen-bond acceptors (Lipinski definition) is 3. The second-order valence-corrected chi connectivity index (χ2v) is 6.31. The van der Waals surface area contributed by atoms with Crippen molar-refractivity contribution in [2.24, 2.45) is 0 Å². The number of benzene rings is 2. The number of anilines is 1. The summed E-state index contributed by atoms with van der Waals surface area (Å²) in [6.07, 6.45) is 0. The molecule has 3 nitrogen and oxygen atoms in total. The molecule has 0 aliphatic rings. The van der Waals surface area contributed by atoms with Gasteiger partial charge in [0.05, 0.1) is 5.75 Å². The highest BCUT2D eigenvalue weighted by Gasteiger charge is 2.06. The van der Waals surface area contributed by atoms with Gasteiger partial charge in [0, 0.05) is 21.6 Å². The molecule has 0 unspecified atom stereocenters. The summed E-state index contributed by atoms with van der Waals surface area (Å²) in [6.45, 7) is 0.383. The van der Waals surface area contributed by atoms with Crippen molar-refractivity contribution in [2.45, 2.75) is 11.4 Å². The molecule has 0 heterocycles. The molecular formula is C15H14BrFN2OS. The molecule has 0 aromatic heterocycles. The first-order valence-corrected chi connectivity index (χ1v) is 8.01. The third-order valence-corrected chi connectivity index (χ3v) is 4.30. The minimum Gasteiger partial charge on any atom is -0.398 e. The van der Waals surface area contributed by atoms with Gasteiger partial charge in [-0.1, -0.05) is 28.1 Å². The van der Waals surface area contributed by atoms with Crippen molar-refractivity contribution in [2.75, 3.05) is 11.5 Å². The van der Waals surface area contributed by atoms with Gasteiger partial charge in [-0.25, -0.2) is 4.39 Å². The predicted molar refractivity (Wildman–Crippen MR) is 87.5 cm³/mol.